The highest BCUT2D eigenvalue weighted by molar-refractivity contribution is 5.89. The predicted octanol–water partition coefficient (Wildman–Crippen LogP) is 3.93. The summed E-state index contributed by atoms with van der Waals surface area (Å²) in [5.41, 5.74) is 3.77. The summed E-state index contributed by atoms with van der Waals surface area (Å²) in [7, 11) is 1.68. The van der Waals surface area contributed by atoms with E-state index in [0.717, 1.165) is 35.3 Å². The van der Waals surface area contributed by atoms with Crippen LogP contribution in [0.15, 0.2) is 42.5 Å². The summed E-state index contributed by atoms with van der Waals surface area (Å²) in [5, 5.41) is 9.05. The van der Waals surface area contributed by atoms with E-state index < -0.39 is 6.10 Å². The molecule has 2 atom stereocenters. The number of unbranched alkanes of at least 4 members (excludes halogenated alkanes) is 1. The largest absolute Gasteiger partial charge is 0.478 e. The number of hydrogen-bond donors (Lipinski definition) is 0. The normalized spacial score (nSPS) is 18.5. The van der Waals surface area contributed by atoms with Crippen molar-refractivity contribution in [2.24, 2.45) is 0 Å². The molecule has 0 aliphatic carbocycles. The fraction of sp³-hybridized carbons (Fsp3) is 0.391. The van der Waals surface area contributed by atoms with Crippen molar-refractivity contribution in [3.05, 3.63) is 64.7 Å². The molecule has 1 aliphatic rings. The second kappa shape index (κ2) is 8.90. The van der Waals surface area contributed by atoms with Crippen LogP contribution in [0.5, 0.6) is 5.75 Å². The molecular formula is C23H26N2O3. The van der Waals surface area contributed by atoms with Crippen LogP contribution in [-0.2, 0) is 9.53 Å². The van der Waals surface area contributed by atoms with Gasteiger partial charge in [-0.15, -0.1) is 0 Å². The van der Waals surface area contributed by atoms with E-state index >= 15 is 0 Å². The molecule has 0 aromatic heterocycles. The third-order valence-corrected chi connectivity index (χ3v) is 5.11. The molecule has 0 unspecified atom stereocenters. The van der Waals surface area contributed by atoms with Gasteiger partial charge in [-0.2, -0.15) is 5.26 Å². The van der Waals surface area contributed by atoms with Crippen LogP contribution in [-0.4, -0.2) is 37.2 Å². The summed E-state index contributed by atoms with van der Waals surface area (Å²) in [6, 6.07) is 15.4. The van der Waals surface area contributed by atoms with Gasteiger partial charge in [0.1, 0.15) is 11.8 Å². The monoisotopic (exact) mass is 378 g/mol. The number of carbonyl (C=O) groups is 1. The molecule has 2 aromatic carbocycles. The van der Waals surface area contributed by atoms with Crippen molar-refractivity contribution in [1.29, 1.82) is 5.26 Å². The lowest BCUT2D eigenvalue weighted by atomic mass is 9.89. The Balaban J connectivity index is 1.80. The van der Waals surface area contributed by atoms with Crippen LogP contribution in [0.3, 0.4) is 0 Å². The average molecular weight is 378 g/mol. The summed E-state index contributed by atoms with van der Waals surface area (Å²) in [4.78, 5) is 14.7. The first-order valence-corrected chi connectivity index (χ1v) is 9.58. The van der Waals surface area contributed by atoms with Crippen molar-refractivity contribution in [3.8, 4) is 11.8 Å². The highest BCUT2D eigenvalue weighted by Crippen LogP contribution is 2.38. The molecule has 0 spiro atoms. The number of hydrogen-bond acceptors (Lipinski definition) is 4. The molecule has 1 fully saturated rings. The van der Waals surface area contributed by atoms with Crippen LogP contribution in [0.4, 0.5) is 0 Å². The summed E-state index contributed by atoms with van der Waals surface area (Å²) in [6.07, 6.45) is 1.24. The number of benzene rings is 2. The first-order chi connectivity index (χ1) is 13.5. The van der Waals surface area contributed by atoms with E-state index in [-0.39, 0.29) is 11.9 Å². The van der Waals surface area contributed by atoms with E-state index in [0.29, 0.717) is 18.7 Å². The molecule has 28 heavy (non-hydrogen) atoms. The molecule has 1 amide bonds. The van der Waals surface area contributed by atoms with E-state index in [9.17, 15) is 4.79 Å². The quantitative estimate of drug-likeness (QED) is 0.516. The molecule has 146 valence electrons. The van der Waals surface area contributed by atoms with Gasteiger partial charge in [0.15, 0.2) is 0 Å². The number of aryl methyl sites for hydroxylation is 2. The van der Waals surface area contributed by atoms with E-state index in [1.54, 1.807) is 19.2 Å². The number of nitrogens with zero attached hydrogens (tertiary/aromatic N) is 2. The van der Waals surface area contributed by atoms with E-state index in [1.807, 2.05) is 43.0 Å². The summed E-state index contributed by atoms with van der Waals surface area (Å²) in [5.74, 6) is 0.744. The molecule has 5 nitrogen and oxygen atoms in total. The Morgan fingerprint density at radius 2 is 1.86 bits per heavy atom. The minimum absolute atomic E-state index is 0.00625. The zero-order chi connectivity index (χ0) is 20.1. The van der Waals surface area contributed by atoms with Crippen molar-refractivity contribution >= 4 is 5.91 Å². The van der Waals surface area contributed by atoms with E-state index in [1.165, 1.54) is 0 Å². The first-order valence-electron chi connectivity index (χ1n) is 9.58. The number of amides is 1. The van der Waals surface area contributed by atoms with Gasteiger partial charge in [-0.3, -0.25) is 4.79 Å². The van der Waals surface area contributed by atoms with Crippen LogP contribution >= 0.6 is 0 Å². The molecule has 0 N–H and O–H groups in total. The second-order valence-corrected chi connectivity index (χ2v) is 7.22. The Morgan fingerprint density at radius 1 is 1.11 bits per heavy atom. The highest BCUT2D eigenvalue weighted by Gasteiger charge is 2.49. The standard InChI is InChI=1S/C23H26N2O3/c1-16-6-11-20(17(2)14-16)28-22-21(19-9-7-18(15-24)8-10-19)25(23(22)26)12-4-5-13-27-3/h6-11,14,21-22H,4-5,12-13H2,1-3H3/t21-,22-/m0/s1. The maximum Gasteiger partial charge on any atom is 0.266 e. The van der Waals surface area contributed by atoms with Crippen LogP contribution in [0, 0.1) is 25.2 Å². The Labute approximate surface area is 166 Å². The molecule has 3 rings (SSSR count). The van der Waals surface area contributed by atoms with Gasteiger partial charge in [-0.1, -0.05) is 29.8 Å². The number of nitriles is 1. The van der Waals surface area contributed by atoms with Gasteiger partial charge in [0.2, 0.25) is 6.10 Å². The fourth-order valence-electron chi connectivity index (χ4n) is 3.59. The molecule has 0 bridgehead atoms. The lowest BCUT2D eigenvalue weighted by Crippen LogP contribution is -2.61. The Morgan fingerprint density at radius 3 is 2.50 bits per heavy atom. The molecule has 0 radical (unpaired) electrons. The SMILES string of the molecule is COCCCCN1C(=O)[C@@H](Oc2ccc(C)cc2C)[C@@H]1c1ccc(C#N)cc1. The van der Waals surface area contributed by atoms with Crippen molar-refractivity contribution in [1.82, 2.24) is 4.90 Å². The number of β-lactam (4-membered cyclic amide) rings is 1. The smallest absolute Gasteiger partial charge is 0.266 e. The number of ether oxygens (including phenoxy) is 2. The summed E-state index contributed by atoms with van der Waals surface area (Å²) < 4.78 is 11.3. The van der Waals surface area contributed by atoms with Crippen molar-refractivity contribution < 1.29 is 14.3 Å². The van der Waals surface area contributed by atoms with Gasteiger partial charge < -0.3 is 14.4 Å². The number of likely N-dealkylation sites (tertiary alicyclic amines) is 1. The van der Waals surface area contributed by atoms with Gasteiger partial charge in [0.25, 0.3) is 5.91 Å². The molecule has 1 heterocycles. The minimum atomic E-state index is -0.545. The zero-order valence-electron chi connectivity index (χ0n) is 16.6. The summed E-state index contributed by atoms with van der Waals surface area (Å²) >= 11 is 0. The van der Waals surface area contributed by atoms with Gasteiger partial charge in [-0.25, -0.2) is 0 Å². The second-order valence-electron chi connectivity index (χ2n) is 7.22. The van der Waals surface area contributed by atoms with Crippen LogP contribution in [0.25, 0.3) is 0 Å². The van der Waals surface area contributed by atoms with Crippen molar-refractivity contribution in [3.63, 3.8) is 0 Å². The predicted molar refractivity (Wildman–Crippen MR) is 107 cm³/mol. The Hall–Kier alpha value is -2.84. The van der Waals surface area contributed by atoms with Crippen molar-refractivity contribution in [2.75, 3.05) is 20.3 Å². The molecular weight excluding hydrogens is 352 g/mol. The lowest BCUT2D eigenvalue weighted by Gasteiger charge is -2.47. The lowest BCUT2D eigenvalue weighted by molar-refractivity contribution is -0.164. The highest BCUT2D eigenvalue weighted by atomic mass is 16.5. The Bertz CT molecular complexity index is 870. The maximum absolute atomic E-state index is 12.8. The topological polar surface area (TPSA) is 62.6 Å². The molecule has 1 aliphatic heterocycles. The number of carbonyl (C=O) groups excluding carboxylic acids is 1. The molecule has 2 aromatic rings. The first kappa shape index (κ1) is 19.9. The molecule has 1 saturated heterocycles. The molecule has 0 saturated carbocycles. The third kappa shape index (κ3) is 4.18. The van der Waals surface area contributed by atoms with Crippen LogP contribution in [0.1, 0.15) is 41.1 Å². The van der Waals surface area contributed by atoms with Gasteiger partial charge >= 0.3 is 0 Å². The zero-order valence-corrected chi connectivity index (χ0v) is 16.6. The molecule has 5 heteroatoms. The summed E-state index contributed by atoms with van der Waals surface area (Å²) in [6.45, 7) is 5.38. The number of methoxy groups -OCH3 is 1. The minimum Gasteiger partial charge on any atom is -0.478 e. The van der Waals surface area contributed by atoms with Crippen LogP contribution < -0.4 is 4.74 Å². The van der Waals surface area contributed by atoms with Crippen LogP contribution in [0.2, 0.25) is 0 Å². The maximum atomic E-state index is 12.8. The van der Waals surface area contributed by atoms with E-state index in [2.05, 4.69) is 12.1 Å². The van der Waals surface area contributed by atoms with E-state index in [4.69, 9.17) is 14.7 Å². The van der Waals surface area contributed by atoms with Gasteiger partial charge in [-0.05, 0) is 56.0 Å². The fourth-order valence-corrected chi connectivity index (χ4v) is 3.59. The Kier molecular flexibility index (Phi) is 6.33. The average Bonchev–Trinajstić information content (AvgIpc) is 2.70. The van der Waals surface area contributed by atoms with Crippen molar-refractivity contribution in [2.45, 2.75) is 38.8 Å². The number of rotatable bonds is 8. The van der Waals surface area contributed by atoms with Gasteiger partial charge in [0.05, 0.1) is 11.6 Å². The third-order valence-electron chi connectivity index (χ3n) is 5.11. The van der Waals surface area contributed by atoms with Gasteiger partial charge in [0, 0.05) is 20.3 Å².